The van der Waals surface area contributed by atoms with Gasteiger partial charge in [0.25, 0.3) is 5.69 Å². The Morgan fingerprint density at radius 3 is 2.86 bits per heavy atom. The fourth-order valence-electron chi connectivity index (χ4n) is 1.82. The van der Waals surface area contributed by atoms with Gasteiger partial charge in [-0.3, -0.25) is 14.8 Å². The van der Waals surface area contributed by atoms with Crippen LogP contribution in [0.4, 0.5) is 5.69 Å². The molecule has 0 saturated carbocycles. The van der Waals surface area contributed by atoms with Crippen molar-refractivity contribution in [2.45, 2.75) is 13.5 Å². The molecule has 0 aliphatic rings. The van der Waals surface area contributed by atoms with Crippen molar-refractivity contribution in [1.82, 2.24) is 9.78 Å². The number of hydrogen-bond acceptors (Lipinski definition) is 5. The summed E-state index contributed by atoms with van der Waals surface area (Å²) in [6.45, 7) is 1.71. The topological polar surface area (TPSA) is 107 Å². The molecule has 1 aromatic heterocycles. The molecule has 1 N–H and O–H groups in total. The normalized spacial score (nSPS) is 10.4. The monoisotopic (exact) mass is 291 g/mol. The maximum absolute atomic E-state index is 11.1. The van der Waals surface area contributed by atoms with Gasteiger partial charge in [0.15, 0.2) is 0 Å². The van der Waals surface area contributed by atoms with Crippen LogP contribution in [0.5, 0.6) is 5.75 Å². The molecule has 8 heteroatoms. The van der Waals surface area contributed by atoms with Crippen molar-refractivity contribution < 1.29 is 19.6 Å². The van der Waals surface area contributed by atoms with Crippen molar-refractivity contribution >= 4 is 11.7 Å². The van der Waals surface area contributed by atoms with E-state index in [1.165, 1.54) is 23.0 Å². The summed E-state index contributed by atoms with van der Waals surface area (Å²) in [4.78, 5) is 21.3. The predicted molar refractivity (Wildman–Crippen MR) is 72.3 cm³/mol. The van der Waals surface area contributed by atoms with Crippen LogP contribution in [0.15, 0.2) is 24.4 Å². The van der Waals surface area contributed by atoms with E-state index in [-0.39, 0.29) is 17.9 Å². The van der Waals surface area contributed by atoms with Gasteiger partial charge in [-0.15, -0.1) is 0 Å². The lowest BCUT2D eigenvalue weighted by Gasteiger charge is -2.10. The molecule has 0 bridgehead atoms. The first-order valence-electron chi connectivity index (χ1n) is 6.02. The largest absolute Gasteiger partial charge is 0.487 e. The Morgan fingerprint density at radius 1 is 1.52 bits per heavy atom. The number of carbonyl (C=O) groups is 1. The van der Waals surface area contributed by atoms with Crippen molar-refractivity contribution in [3.63, 3.8) is 0 Å². The molecule has 0 aliphatic carbocycles. The highest BCUT2D eigenvalue weighted by atomic mass is 16.6. The second kappa shape index (κ2) is 5.61. The number of nitro groups is 1. The van der Waals surface area contributed by atoms with E-state index in [9.17, 15) is 14.9 Å². The third-order valence-corrected chi connectivity index (χ3v) is 3.04. The number of carboxylic acid groups (broad SMARTS) is 1. The lowest BCUT2D eigenvalue weighted by molar-refractivity contribution is -0.385. The predicted octanol–water partition coefficient (Wildman–Crippen LogP) is 1.91. The summed E-state index contributed by atoms with van der Waals surface area (Å²) in [5.41, 5.74) is 1.06. The molecule has 8 nitrogen and oxygen atoms in total. The van der Waals surface area contributed by atoms with Gasteiger partial charge in [0, 0.05) is 13.1 Å². The zero-order valence-electron chi connectivity index (χ0n) is 11.4. The highest BCUT2D eigenvalue weighted by Gasteiger charge is 2.16. The van der Waals surface area contributed by atoms with Crippen LogP contribution in [0.3, 0.4) is 0 Å². The number of aromatic carboxylic acids is 1. The van der Waals surface area contributed by atoms with E-state index in [1.54, 1.807) is 20.0 Å². The maximum atomic E-state index is 11.1. The van der Waals surface area contributed by atoms with Crippen molar-refractivity contribution in [2.75, 3.05) is 0 Å². The average molecular weight is 291 g/mol. The Morgan fingerprint density at radius 2 is 2.24 bits per heavy atom. The number of aryl methyl sites for hydroxylation is 2. The Hall–Kier alpha value is -2.90. The molecule has 0 saturated heterocycles. The SMILES string of the molecule is Cc1ccc([N+](=O)[O-])cc1OCc1c(C(=O)O)cnn1C. The van der Waals surface area contributed by atoms with Crippen LogP contribution >= 0.6 is 0 Å². The lowest BCUT2D eigenvalue weighted by Crippen LogP contribution is -2.09. The van der Waals surface area contributed by atoms with Gasteiger partial charge in [0.05, 0.1) is 22.9 Å². The third-order valence-electron chi connectivity index (χ3n) is 3.04. The zero-order chi connectivity index (χ0) is 15.6. The van der Waals surface area contributed by atoms with Crippen LogP contribution < -0.4 is 4.74 Å². The molecule has 0 amide bonds. The molecule has 0 radical (unpaired) electrons. The Bertz CT molecular complexity index is 708. The molecule has 0 spiro atoms. The molecule has 21 heavy (non-hydrogen) atoms. The van der Waals surface area contributed by atoms with E-state index in [0.717, 1.165) is 5.56 Å². The van der Waals surface area contributed by atoms with Crippen LogP contribution in [0.1, 0.15) is 21.6 Å². The van der Waals surface area contributed by atoms with Crippen LogP contribution in [0.2, 0.25) is 0 Å². The van der Waals surface area contributed by atoms with Crippen LogP contribution in [-0.2, 0) is 13.7 Å². The minimum atomic E-state index is -1.10. The van der Waals surface area contributed by atoms with Gasteiger partial charge in [-0.2, -0.15) is 5.10 Å². The number of aromatic nitrogens is 2. The number of nitro benzene ring substituents is 1. The highest BCUT2D eigenvalue weighted by molar-refractivity contribution is 5.88. The molecule has 2 rings (SSSR count). The number of hydrogen-bond donors (Lipinski definition) is 1. The van der Waals surface area contributed by atoms with Crippen molar-refractivity contribution in [3.8, 4) is 5.75 Å². The third kappa shape index (κ3) is 2.99. The molecule has 0 aliphatic heterocycles. The van der Waals surface area contributed by atoms with E-state index in [4.69, 9.17) is 9.84 Å². The molecule has 1 aromatic carbocycles. The summed E-state index contributed by atoms with van der Waals surface area (Å²) in [5.74, 6) is -0.765. The summed E-state index contributed by atoms with van der Waals surface area (Å²) in [5, 5.41) is 23.7. The summed E-state index contributed by atoms with van der Waals surface area (Å²) in [7, 11) is 1.60. The van der Waals surface area contributed by atoms with Gasteiger partial charge in [-0.05, 0) is 18.6 Å². The first kappa shape index (κ1) is 14.5. The molecule has 0 unspecified atom stereocenters. The molecule has 2 aromatic rings. The minimum Gasteiger partial charge on any atom is -0.487 e. The van der Waals surface area contributed by atoms with E-state index >= 15 is 0 Å². The Kier molecular flexibility index (Phi) is 3.88. The fourth-order valence-corrected chi connectivity index (χ4v) is 1.82. The van der Waals surface area contributed by atoms with Crippen LogP contribution in [-0.4, -0.2) is 25.8 Å². The average Bonchev–Trinajstić information content (AvgIpc) is 2.79. The van der Waals surface area contributed by atoms with Crippen LogP contribution in [0, 0.1) is 17.0 Å². The second-order valence-corrected chi connectivity index (χ2v) is 4.43. The summed E-state index contributed by atoms with van der Waals surface area (Å²) in [6, 6.07) is 4.27. The van der Waals surface area contributed by atoms with Crippen molar-refractivity contribution in [2.24, 2.45) is 7.05 Å². The Balaban J connectivity index is 2.24. The highest BCUT2D eigenvalue weighted by Crippen LogP contribution is 2.25. The standard InChI is InChI=1S/C13H13N3O5/c1-8-3-4-9(16(19)20)5-12(8)21-7-11-10(13(17)18)6-14-15(11)2/h3-6H,7H2,1-2H3,(H,17,18). The minimum absolute atomic E-state index is 0.0415. The number of nitrogens with zero attached hydrogens (tertiary/aromatic N) is 3. The summed E-state index contributed by atoms with van der Waals surface area (Å²) >= 11 is 0. The van der Waals surface area contributed by atoms with E-state index in [1.807, 2.05) is 0 Å². The number of non-ortho nitro benzene ring substituents is 1. The van der Waals surface area contributed by atoms with E-state index in [2.05, 4.69) is 5.10 Å². The molecular weight excluding hydrogens is 278 g/mol. The van der Waals surface area contributed by atoms with Crippen molar-refractivity contribution in [1.29, 1.82) is 0 Å². The van der Waals surface area contributed by atoms with E-state index in [0.29, 0.717) is 11.4 Å². The summed E-state index contributed by atoms with van der Waals surface area (Å²) < 4.78 is 6.91. The van der Waals surface area contributed by atoms with Gasteiger partial charge in [0.2, 0.25) is 0 Å². The molecule has 0 fully saturated rings. The number of ether oxygens (including phenoxy) is 1. The molecular formula is C13H13N3O5. The zero-order valence-corrected chi connectivity index (χ0v) is 11.4. The summed E-state index contributed by atoms with van der Waals surface area (Å²) in [6.07, 6.45) is 1.24. The van der Waals surface area contributed by atoms with Gasteiger partial charge in [-0.25, -0.2) is 4.79 Å². The van der Waals surface area contributed by atoms with Gasteiger partial charge < -0.3 is 9.84 Å². The molecule has 1 heterocycles. The molecule has 0 atom stereocenters. The first-order valence-corrected chi connectivity index (χ1v) is 6.02. The second-order valence-electron chi connectivity index (χ2n) is 4.43. The number of rotatable bonds is 5. The quantitative estimate of drug-likeness (QED) is 0.666. The number of benzene rings is 1. The molecule has 110 valence electrons. The van der Waals surface area contributed by atoms with Gasteiger partial charge in [0.1, 0.15) is 17.9 Å². The number of carboxylic acids is 1. The van der Waals surface area contributed by atoms with E-state index < -0.39 is 10.9 Å². The van der Waals surface area contributed by atoms with Crippen LogP contribution in [0.25, 0.3) is 0 Å². The maximum Gasteiger partial charge on any atom is 0.339 e. The Labute approximate surface area is 119 Å². The van der Waals surface area contributed by atoms with Gasteiger partial charge in [-0.1, -0.05) is 0 Å². The van der Waals surface area contributed by atoms with Gasteiger partial charge >= 0.3 is 5.97 Å². The lowest BCUT2D eigenvalue weighted by atomic mass is 10.2. The fraction of sp³-hybridized carbons (Fsp3) is 0.231. The first-order chi connectivity index (χ1) is 9.90. The smallest absolute Gasteiger partial charge is 0.339 e. The van der Waals surface area contributed by atoms with Crippen molar-refractivity contribution in [3.05, 3.63) is 51.3 Å².